The van der Waals surface area contributed by atoms with Gasteiger partial charge in [-0.2, -0.15) is 5.26 Å². The summed E-state index contributed by atoms with van der Waals surface area (Å²) in [6.07, 6.45) is 0.160. The van der Waals surface area contributed by atoms with Crippen LogP contribution < -0.4 is 9.64 Å². The maximum absolute atomic E-state index is 12.5. The maximum atomic E-state index is 12.5. The van der Waals surface area contributed by atoms with Crippen LogP contribution in [0.2, 0.25) is 0 Å². The molecule has 1 amide bonds. The van der Waals surface area contributed by atoms with Crippen molar-refractivity contribution in [3.63, 3.8) is 0 Å². The summed E-state index contributed by atoms with van der Waals surface area (Å²) >= 11 is 0. The van der Waals surface area contributed by atoms with Gasteiger partial charge in [0, 0.05) is 17.8 Å². The molecule has 150 valence electrons. The molecule has 7 nitrogen and oxygen atoms in total. The van der Waals surface area contributed by atoms with E-state index in [0.29, 0.717) is 17.0 Å². The summed E-state index contributed by atoms with van der Waals surface area (Å²) in [6.45, 7) is 2.77. The minimum Gasteiger partial charge on any atom is -0.482 e. The SMILES string of the molecule is CC(=O)c1ccc(OCC(=O)OCC(=O)N(CCC#N)c2ccc(C)cc2)cc1. The predicted octanol–water partition coefficient (Wildman–Crippen LogP) is 3.07. The van der Waals surface area contributed by atoms with Crippen molar-refractivity contribution in [3.05, 3.63) is 59.7 Å². The summed E-state index contributed by atoms with van der Waals surface area (Å²) in [6, 6.07) is 15.6. The molecule has 0 N–H and O–H groups in total. The number of nitrogens with zero attached hydrogens (tertiary/aromatic N) is 2. The molecule has 0 bridgehead atoms. The molecule has 0 aliphatic heterocycles. The molecule has 7 heteroatoms. The number of anilines is 1. The van der Waals surface area contributed by atoms with Gasteiger partial charge in [-0.05, 0) is 50.2 Å². The number of carbonyl (C=O) groups is 3. The van der Waals surface area contributed by atoms with Gasteiger partial charge < -0.3 is 14.4 Å². The number of ether oxygens (including phenoxy) is 2. The van der Waals surface area contributed by atoms with E-state index in [2.05, 4.69) is 0 Å². The first-order valence-corrected chi connectivity index (χ1v) is 9.04. The average Bonchev–Trinajstić information content (AvgIpc) is 2.72. The Hall–Kier alpha value is -3.66. The fourth-order valence-corrected chi connectivity index (χ4v) is 2.47. The molecule has 2 aromatic rings. The molecule has 0 unspecified atom stereocenters. The third kappa shape index (κ3) is 6.78. The first-order valence-electron chi connectivity index (χ1n) is 9.04. The number of hydrogen-bond acceptors (Lipinski definition) is 6. The summed E-state index contributed by atoms with van der Waals surface area (Å²) in [5.74, 6) is -0.779. The summed E-state index contributed by atoms with van der Waals surface area (Å²) in [5.41, 5.74) is 2.22. The second kappa shape index (κ2) is 10.6. The third-order valence-electron chi connectivity index (χ3n) is 4.07. The van der Waals surface area contributed by atoms with Gasteiger partial charge in [0.2, 0.25) is 0 Å². The number of ketones is 1. The number of aryl methyl sites for hydroxylation is 1. The molecule has 0 aromatic heterocycles. The van der Waals surface area contributed by atoms with Gasteiger partial charge >= 0.3 is 5.97 Å². The zero-order valence-electron chi connectivity index (χ0n) is 16.4. The van der Waals surface area contributed by atoms with Crippen LogP contribution in [0.1, 0.15) is 29.3 Å². The lowest BCUT2D eigenvalue weighted by molar-refractivity contribution is -0.149. The van der Waals surface area contributed by atoms with E-state index in [1.807, 2.05) is 25.1 Å². The first kappa shape index (κ1) is 21.6. The molecule has 0 aliphatic rings. The molecule has 2 aromatic carbocycles. The van der Waals surface area contributed by atoms with Crippen LogP contribution in [-0.4, -0.2) is 37.4 Å². The Balaban J connectivity index is 1.87. The monoisotopic (exact) mass is 394 g/mol. The van der Waals surface area contributed by atoms with E-state index in [1.54, 1.807) is 36.4 Å². The quantitative estimate of drug-likeness (QED) is 0.479. The van der Waals surface area contributed by atoms with Crippen molar-refractivity contribution in [2.24, 2.45) is 0 Å². The number of nitriles is 1. The Kier molecular flexibility index (Phi) is 7.92. The van der Waals surface area contributed by atoms with Gasteiger partial charge in [-0.25, -0.2) is 4.79 Å². The van der Waals surface area contributed by atoms with Gasteiger partial charge in [0.25, 0.3) is 5.91 Å². The minimum absolute atomic E-state index is 0.0657. The lowest BCUT2D eigenvalue weighted by Crippen LogP contribution is -2.36. The number of carbonyl (C=O) groups excluding carboxylic acids is 3. The molecule has 29 heavy (non-hydrogen) atoms. The summed E-state index contributed by atoms with van der Waals surface area (Å²) in [5, 5.41) is 8.82. The van der Waals surface area contributed by atoms with E-state index in [9.17, 15) is 14.4 Å². The fourth-order valence-electron chi connectivity index (χ4n) is 2.47. The average molecular weight is 394 g/mol. The first-order chi connectivity index (χ1) is 13.9. The summed E-state index contributed by atoms with van der Waals surface area (Å²) < 4.78 is 10.3. The molecular weight excluding hydrogens is 372 g/mol. The molecule has 0 aliphatic carbocycles. The van der Waals surface area contributed by atoms with Crippen LogP contribution in [0.25, 0.3) is 0 Å². The lowest BCUT2D eigenvalue weighted by Gasteiger charge is -2.21. The zero-order chi connectivity index (χ0) is 21.2. The van der Waals surface area contributed by atoms with Crippen LogP contribution >= 0.6 is 0 Å². The predicted molar refractivity (Wildman–Crippen MR) is 107 cm³/mol. The highest BCUT2D eigenvalue weighted by atomic mass is 16.6. The Morgan fingerprint density at radius 2 is 1.66 bits per heavy atom. The van der Waals surface area contributed by atoms with Crippen LogP contribution in [0.3, 0.4) is 0 Å². The van der Waals surface area contributed by atoms with Crippen molar-refractivity contribution in [3.8, 4) is 11.8 Å². The molecule has 0 atom stereocenters. The van der Waals surface area contributed by atoms with Crippen LogP contribution in [-0.2, 0) is 14.3 Å². The number of hydrogen-bond donors (Lipinski definition) is 0. The van der Waals surface area contributed by atoms with Crippen molar-refractivity contribution in [2.45, 2.75) is 20.3 Å². The molecule has 0 radical (unpaired) electrons. The van der Waals surface area contributed by atoms with Crippen molar-refractivity contribution in [1.29, 1.82) is 5.26 Å². The number of rotatable bonds is 9. The van der Waals surface area contributed by atoms with E-state index >= 15 is 0 Å². The Labute approximate surface area is 169 Å². The van der Waals surface area contributed by atoms with Gasteiger partial charge in [0.15, 0.2) is 19.0 Å². The van der Waals surface area contributed by atoms with Gasteiger partial charge in [-0.1, -0.05) is 17.7 Å². The highest BCUT2D eigenvalue weighted by molar-refractivity contribution is 5.95. The standard InChI is InChI=1S/C22H22N2O5/c1-16-4-8-19(9-5-16)24(13-3-12-23)21(26)14-29-22(27)15-28-20-10-6-18(7-11-20)17(2)25/h4-11H,3,13-15H2,1-2H3. The highest BCUT2D eigenvalue weighted by Crippen LogP contribution is 2.16. The molecule has 0 spiro atoms. The Morgan fingerprint density at radius 3 is 2.24 bits per heavy atom. The van der Waals surface area contributed by atoms with Crippen LogP contribution in [0.5, 0.6) is 5.75 Å². The molecule has 2 rings (SSSR count). The molecular formula is C22H22N2O5. The smallest absolute Gasteiger partial charge is 0.344 e. The van der Waals surface area contributed by atoms with Crippen molar-refractivity contribution in [2.75, 3.05) is 24.7 Å². The van der Waals surface area contributed by atoms with Gasteiger partial charge in [0.05, 0.1) is 12.5 Å². The van der Waals surface area contributed by atoms with E-state index in [0.717, 1.165) is 5.56 Å². The number of benzene rings is 2. The van der Waals surface area contributed by atoms with E-state index < -0.39 is 18.5 Å². The minimum atomic E-state index is -0.696. The van der Waals surface area contributed by atoms with Gasteiger partial charge in [0.1, 0.15) is 5.75 Å². The number of esters is 1. The lowest BCUT2D eigenvalue weighted by atomic mass is 10.1. The van der Waals surface area contributed by atoms with E-state index in [4.69, 9.17) is 14.7 Å². The Bertz CT molecular complexity index is 898. The van der Waals surface area contributed by atoms with Crippen molar-refractivity contribution < 1.29 is 23.9 Å². The fraction of sp³-hybridized carbons (Fsp3) is 0.273. The number of amides is 1. The van der Waals surface area contributed by atoms with E-state index in [1.165, 1.54) is 11.8 Å². The maximum Gasteiger partial charge on any atom is 0.344 e. The van der Waals surface area contributed by atoms with Crippen LogP contribution in [0.15, 0.2) is 48.5 Å². The summed E-state index contributed by atoms with van der Waals surface area (Å²) in [4.78, 5) is 37.0. The Morgan fingerprint density at radius 1 is 1.00 bits per heavy atom. The van der Waals surface area contributed by atoms with Crippen LogP contribution in [0.4, 0.5) is 5.69 Å². The third-order valence-corrected chi connectivity index (χ3v) is 4.07. The summed E-state index contributed by atoms with van der Waals surface area (Å²) in [7, 11) is 0. The van der Waals surface area contributed by atoms with Crippen molar-refractivity contribution >= 4 is 23.3 Å². The molecule has 0 heterocycles. The largest absolute Gasteiger partial charge is 0.482 e. The molecule has 0 fully saturated rings. The zero-order valence-corrected chi connectivity index (χ0v) is 16.4. The molecule has 0 saturated heterocycles. The second-order valence-corrected chi connectivity index (χ2v) is 6.32. The van der Waals surface area contributed by atoms with Gasteiger partial charge in [-0.15, -0.1) is 0 Å². The number of Topliss-reactive ketones (excluding diaryl/α,β-unsaturated/α-hetero) is 1. The molecule has 0 saturated carbocycles. The second-order valence-electron chi connectivity index (χ2n) is 6.32. The van der Waals surface area contributed by atoms with Gasteiger partial charge in [-0.3, -0.25) is 9.59 Å². The normalized spacial score (nSPS) is 9.97. The van der Waals surface area contributed by atoms with E-state index in [-0.39, 0.29) is 25.4 Å². The topological polar surface area (TPSA) is 96.7 Å². The highest BCUT2D eigenvalue weighted by Gasteiger charge is 2.17. The van der Waals surface area contributed by atoms with Crippen molar-refractivity contribution in [1.82, 2.24) is 0 Å². The van der Waals surface area contributed by atoms with Crippen LogP contribution in [0, 0.1) is 18.3 Å².